The van der Waals surface area contributed by atoms with Gasteiger partial charge in [0.05, 0.1) is 24.3 Å². The second kappa shape index (κ2) is 15.0. The third-order valence-electron chi connectivity index (χ3n) is 7.07. The molecule has 0 spiro atoms. The van der Waals surface area contributed by atoms with Crippen LogP contribution < -0.4 is 4.90 Å². The Hall–Kier alpha value is -3.17. The van der Waals surface area contributed by atoms with Crippen molar-refractivity contribution in [1.82, 2.24) is 19.5 Å². The fourth-order valence-corrected chi connectivity index (χ4v) is 5.85. The van der Waals surface area contributed by atoms with Crippen LogP contribution in [0.15, 0.2) is 52.4 Å². The summed E-state index contributed by atoms with van der Waals surface area (Å²) in [5.41, 5.74) is 4.71. The van der Waals surface area contributed by atoms with E-state index >= 15 is 0 Å². The molecule has 8 nitrogen and oxygen atoms in total. The molecule has 0 saturated heterocycles. The molecule has 1 aliphatic rings. The second-order valence-corrected chi connectivity index (χ2v) is 11.1. The first kappa shape index (κ1) is 29.8. The Labute approximate surface area is 242 Å². The zero-order valence-corrected chi connectivity index (χ0v) is 25.0. The smallest absolute Gasteiger partial charge is 0.334 e. The molecule has 0 N–H and O–H groups in total. The van der Waals surface area contributed by atoms with Crippen LogP contribution in [0.2, 0.25) is 0 Å². The summed E-state index contributed by atoms with van der Waals surface area (Å²) in [7, 11) is 1.68. The van der Waals surface area contributed by atoms with Crippen LogP contribution in [0.25, 0.3) is 6.08 Å². The monoisotopic (exact) mass is 563 g/mol. The molecule has 40 heavy (non-hydrogen) atoms. The van der Waals surface area contributed by atoms with Gasteiger partial charge >= 0.3 is 5.97 Å². The first-order chi connectivity index (χ1) is 19.5. The summed E-state index contributed by atoms with van der Waals surface area (Å²) >= 11 is 1.62. The molecule has 0 radical (unpaired) electrons. The molecule has 0 aliphatic carbocycles. The molecule has 4 rings (SSSR count). The van der Waals surface area contributed by atoms with Gasteiger partial charge in [0.2, 0.25) is 0 Å². The fraction of sp³-hybridized carbons (Fsp3) is 0.484. The van der Waals surface area contributed by atoms with E-state index < -0.39 is 0 Å². The number of imidazole rings is 1. The summed E-state index contributed by atoms with van der Waals surface area (Å²) in [6.07, 6.45) is 16.3. The van der Waals surface area contributed by atoms with Crippen molar-refractivity contribution in [3.05, 3.63) is 59.4 Å². The number of rotatable bonds is 15. The van der Waals surface area contributed by atoms with Crippen LogP contribution in [0.1, 0.15) is 82.2 Å². The quantitative estimate of drug-likeness (QED) is 0.108. The summed E-state index contributed by atoms with van der Waals surface area (Å²) in [5.74, 6) is 0.564. The lowest BCUT2D eigenvalue weighted by molar-refractivity contribution is -0.138. The van der Waals surface area contributed by atoms with Gasteiger partial charge in [-0.25, -0.2) is 19.7 Å². The van der Waals surface area contributed by atoms with Gasteiger partial charge in [-0.2, -0.15) is 0 Å². The Balaban J connectivity index is 1.48. The Morgan fingerprint density at radius 2 is 1.80 bits per heavy atom. The molecule has 3 heterocycles. The maximum atomic E-state index is 12.7. The van der Waals surface area contributed by atoms with Crippen LogP contribution >= 0.6 is 11.8 Å². The van der Waals surface area contributed by atoms with Crippen LogP contribution in [0.4, 0.5) is 11.5 Å². The number of carbonyl (C=O) groups excluding carboxylic acids is 1. The summed E-state index contributed by atoms with van der Waals surface area (Å²) in [4.78, 5) is 29.6. The lowest BCUT2D eigenvalue weighted by atomic mass is 10.0. The van der Waals surface area contributed by atoms with Crippen molar-refractivity contribution >= 4 is 35.3 Å². The van der Waals surface area contributed by atoms with Gasteiger partial charge in [0, 0.05) is 42.2 Å². The van der Waals surface area contributed by atoms with Gasteiger partial charge < -0.3 is 14.0 Å². The molecule has 214 valence electrons. The minimum absolute atomic E-state index is 0.240. The zero-order valence-electron chi connectivity index (χ0n) is 24.2. The predicted octanol–water partition coefficient (Wildman–Crippen LogP) is 7.32. The highest BCUT2D eigenvalue weighted by Crippen LogP contribution is 2.46. The highest BCUT2D eigenvalue weighted by atomic mass is 32.2. The number of benzene rings is 1. The van der Waals surface area contributed by atoms with E-state index in [1.807, 2.05) is 26.3 Å². The molecule has 0 fully saturated rings. The predicted molar refractivity (Wildman–Crippen MR) is 160 cm³/mol. The van der Waals surface area contributed by atoms with Crippen LogP contribution in [0, 0.1) is 6.92 Å². The molecule has 0 bridgehead atoms. The minimum Gasteiger partial charge on any atom is -0.463 e. The van der Waals surface area contributed by atoms with Gasteiger partial charge in [-0.1, -0.05) is 63.3 Å². The molecule has 2 aromatic heterocycles. The molecule has 3 aromatic rings. The van der Waals surface area contributed by atoms with Crippen molar-refractivity contribution in [2.75, 3.05) is 25.3 Å². The SMILES string of the molecule is CCCCCCCCCC(=Cc1ncn(Cc2ccc3c(c2)N(COC)c2nccnc2S3)c1C)C(=O)OCC. The third-order valence-corrected chi connectivity index (χ3v) is 8.12. The number of methoxy groups -OCH3 is 1. The normalized spacial score (nSPS) is 12.8. The first-order valence-corrected chi connectivity index (χ1v) is 15.1. The van der Waals surface area contributed by atoms with Crippen molar-refractivity contribution < 1.29 is 14.3 Å². The molecule has 0 atom stereocenters. The van der Waals surface area contributed by atoms with Gasteiger partial charge in [-0.05, 0) is 50.5 Å². The van der Waals surface area contributed by atoms with E-state index in [1.165, 1.54) is 32.1 Å². The highest BCUT2D eigenvalue weighted by molar-refractivity contribution is 7.99. The molecular formula is C31H41N5O3S. The maximum absolute atomic E-state index is 12.7. The number of unbranched alkanes of at least 4 members (excludes halogenated alkanes) is 6. The fourth-order valence-electron chi connectivity index (χ4n) is 4.86. The van der Waals surface area contributed by atoms with Crippen LogP contribution in [0.5, 0.6) is 0 Å². The van der Waals surface area contributed by atoms with E-state index in [1.54, 1.807) is 31.3 Å². The van der Waals surface area contributed by atoms with Crippen molar-refractivity contribution in [2.24, 2.45) is 0 Å². The van der Waals surface area contributed by atoms with E-state index in [4.69, 9.17) is 9.47 Å². The Morgan fingerprint density at radius 3 is 2.58 bits per heavy atom. The molecule has 0 amide bonds. The molecule has 9 heteroatoms. The number of hydrogen-bond donors (Lipinski definition) is 0. The largest absolute Gasteiger partial charge is 0.463 e. The van der Waals surface area contributed by atoms with E-state index in [9.17, 15) is 4.79 Å². The number of anilines is 2. The Kier molecular flexibility index (Phi) is 11.2. The van der Waals surface area contributed by atoms with Crippen LogP contribution in [0.3, 0.4) is 0 Å². The summed E-state index contributed by atoms with van der Waals surface area (Å²) in [6.45, 7) is 7.54. The van der Waals surface area contributed by atoms with Crippen LogP contribution in [-0.2, 0) is 20.8 Å². The topological polar surface area (TPSA) is 82.4 Å². The van der Waals surface area contributed by atoms with E-state index in [2.05, 4.69) is 49.5 Å². The number of carbonyl (C=O) groups is 1. The minimum atomic E-state index is -0.240. The third kappa shape index (κ3) is 7.52. The Bertz CT molecular complexity index is 1310. The number of aromatic nitrogens is 4. The number of hydrogen-bond acceptors (Lipinski definition) is 8. The van der Waals surface area contributed by atoms with Gasteiger partial charge in [-0.3, -0.25) is 4.90 Å². The average molecular weight is 564 g/mol. The van der Waals surface area contributed by atoms with E-state index in [-0.39, 0.29) is 5.97 Å². The first-order valence-electron chi connectivity index (χ1n) is 14.3. The molecule has 0 saturated carbocycles. The Morgan fingerprint density at radius 1 is 1.02 bits per heavy atom. The standard InChI is InChI=1S/C31H41N5O3S/c1-5-7-8-9-10-11-12-13-25(31(37)39-6-2)19-26-23(3)35(21-34-26)20-24-14-15-28-27(18-24)36(22-38-4)29-30(40-28)33-17-16-32-29/h14-19,21H,5-13,20,22H2,1-4H3. The number of nitrogens with zero attached hydrogens (tertiary/aromatic N) is 5. The van der Waals surface area contributed by atoms with Crippen LogP contribution in [-0.4, -0.2) is 45.9 Å². The summed E-state index contributed by atoms with van der Waals surface area (Å²) in [5, 5.41) is 0.871. The van der Waals surface area contributed by atoms with Crippen molar-refractivity contribution in [3.63, 3.8) is 0 Å². The summed E-state index contributed by atoms with van der Waals surface area (Å²) in [6, 6.07) is 6.44. The summed E-state index contributed by atoms with van der Waals surface area (Å²) < 4.78 is 13.0. The van der Waals surface area contributed by atoms with Crippen molar-refractivity contribution in [3.8, 4) is 0 Å². The lowest BCUT2D eigenvalue weighted by Crippen LogP contribution is -2.24. The molecule has 0 unspecified atom stereocenters. The molecule has 1 aromatic carbocycles. The van der Waals surface area contributed by atoms with Gasteiger partial charge in [0.25, 0.3) is 0 Å². The van der Waals surface area contributed by atoms with Gasteiger partial charge in [-0.15, -0.1) is 0 Å². The number of fused-ring (bicyclic) bond motifs is 2. The molecule has 1 aliphatic heterocycles. The average Bonchev–Trinajstić information content (AvgIpc) is 3.30. The maximum Gasteiger partial charge on any atom is 0.334 e. The van der Waals surface area contributed by atoms with E-state index in [0.29, 0.717) is 31.9 Å². The second-order valence-electron chi connectivity index (χ2n) is 10.0. The van der Waals surface area contributed by atoms with Gasteiger partial charge in [0.1, 0.15) is 11.8 Å². The van der Waals surface area contributed by atoms with Crippen molar-refractivity contribution in [2.45, 2.75) is 88.6 Å². The highest BCUT2D eigenvalue weighted by Gasteiger charge is 2.26. The number of esters is 1. The number of ether oxygens (including phenoxy) is 2. The van der Waals surface area contributed by atoms with Crippen molar-refractivity contribution in [1.29, 1.82) is 0 Å². The lowest BCUT2D eigenvalue weighted by Gasteiger charge is -2.30. The van der Waals surface area contributed by atoms with Gasteiger partial charge in [0.15, 0.2) is 5.82 Å². The molecular weight excluding hydrogens is 522 g/mol. The zero-order chi connectivity index (χ0) is 28.3. The van der Waals surface area contributed by atoms with E-state index in [0.717, 1.165) is 51.2 Å².